The summed E-state index contributed by atoms with van der Waals surface area (Å²) in [6.07, 6.45) is 3.64. The average molecular weight is 263 g/mol. The standard InChI is InChI=1S/C15H21NOS/c1-9(2)14(13-4-3-5-18-13)16-15(17)12-7-10-6-11(10)8-12/h3-5,9-12,14H,6-8H2,1-2H3,(H,16,17). The number of nitrogens with one attached hydrogen (secondary N) is 1. The molecule has 3 atom stereocenters. The molecule has 1 N–H and O–H groups in total. The van der Waals surface area contributed by atoms with Gasteiger partial charge in [0.1, 0.15) is 0 Å². The molecule has 0 aromatic carbocycles. The monoisotopic (exact) mass is 263 g/mol. The van der Waals surface area contributed by atoms with Crippen LogP contribution in [0.25, 0.3) is 0 Å². The van der Waals surface area contributed by atoms with Crippen molar-refractivity contribution in [2.75, 3.05) is 0 Å². The van der Waals surface area contributed by atoms with Crippen molar-refractivity contribution in [3.8, 4) is 0 Å². The molecule has 0 bridgehead atoms. The van der Waals surface area contributed by atoms with Crippen molar-refractivity contribution in [1.29, 1.82) is 0 Å². The zero-order valence-electron chi connectivity index (χ0n) is 11.1. The molecule has 2 fully saturated rings. The molecule has 1 aromatic heterocycles. The Hall–Kier alpha value is -0.830. The lowest BCUT2D eigenvalue weighted by molar-refractivity contribution is -0.126. The summed E-state index contributed by atoms with van der Waals surface area (Å²) in [5.41, 5.74) is 0. The Bertz CT molecular complexity index is 416. The number of hydrogen-bond acceptors (Lipinski definition) is 2. The molecule has 2 aliphatic carbocycles. The van der Waals surface area contributed by atoms with E-state index in [1.807, 2.05) is 0 Å². The Kier molecular flexibility index (Phi) is 3.18. The van der Waals surface area contributed by atoms with Crippen LogP contribution in [-0.2, 0) is 4.79 Å². The van der Waals surface area contributed by atoms with Crippen LogP contribution in [0, 0.1) is 23.7 Å². The number of amides is 1. The first kappa shape index (κ1) is 12.2. The molecule has 1 aromatic rings. The van der Waals surface area contributed by atoms with Gasteiger partial charge in [-0.2, -0.15) is 0 Å². The molecular weight excluding hydrogens is 242 g/mol. The average Bonchev–Trinajstić information content (AvgIpc) is 2.82. The highest BCUT2D eigenvalue weighted by Crippen LogP contribution is 2.54. The Morgan fingerprint density at radius 3 is 2.61 bits per heavy atom. The number of hydrogen-bond donors (Lipinski definition) is 1. The van der Waals surface area contributed by atoms with Gasteiger partial charge in [-0.15, -0.1) is 11.3 Å². The van der Waals surface area contributed by atoms with Gasteiger partial charge in [-0.05, 0) is 48.5 Å². The van der Waals surface area contributed by atoms with Gasteiger partial charge in [0.25, 0.3) is 0 Å². The highest BCUT2D eigenvalue weighted by atomic mass is 32.1. The summed E-state index contributed by atoms with van der Waals surface area (Å²) in [7, 11) is 0. The van der Waals surface area contributed by atoms with Crippen molar-refractivity contribution in [1.82, 2.24) is 5.32 Å². The topological polar surface area (TPSA) is 29.1 Å². The third-order valence-corrected chi connectivity index (χ3v) is 5.38. The van der Waals surface area contributed by atoms with Crippen molar-refractivity contribution >= 4 is 17.2 Å². The van der Waals surface area contributed by atoms with Crippen LogP contribution in [0.1, 0.15) is 44.0 Å². The first-order chi connectivity index (χ1) is 8.65. The predicted molar refractivity (Wildman–Crippen MR) is 74.4 cm³/mol. The molecule has 18 heavy (non-hydrogen) atoms. The second-order valence-corrected chi connectivity index (χ2v) is 7.15. The van der Waals surface area contributed by atoms with Crippen molar-refractivity contribution in [2.45, 2.75) is 39.2 Å². The van der Waals surface area contributed by atoms with Gasteiger partial charge in [-0.1, -0.05) is 19.9 Å². The molecule has 2 nitrogen and oxygen atoms in total. The maximum atomic E-state index is 12.3. The van der Waals surface area contributed by atoms with Gasteiger partial charge in [0.2, 0.25) is 5.91 Å². The molecule has 1 amide bonds. The van der Waals surface area contributed by atoms with Gasteiger partial charge in [0, 0.05) is 10.8 Å². The highest BCUT2D eigenvalue weighted by molar-refractivity contribution is 7.10. The summed E-state index contributed by atoms with van der Waals surface area (Å²) in [6.45, 7) is 4.35. The van der Waals surface area contributed by atoms with Gasteiger partial charge in [-0.3, -0.25) is 4.79 Å². The van der Waals surface area contributed by atoms with E-state index in [0.29, 0.717) is 5.92 Å². The number of thiophene rings is 1. The SMILES string of the molecule is CC(C)C(NC(=O)C1CC2CC2C1)c1cccs1. The smallest absolute Gasteiger partial charge is 0.223 e. The third-order valence-electron chi connectivity index (χ3n) is 4.43. The normalized spacial score (nSPS) is 31.2. The van der Waals surface area contributed by atoms with E-state index in [-0.39, 0.29) is 17.9 Å². The molecule has 1 heterocycles. The molecule has 3 rings (SSSR count). The number of rotatable bonds is 4. The molecule has 2 saturated carbocycles. The van der Waals surface area contributed by atoms with Crippen LogP contribution >= 0.6 is 11.3 Å². The van der Waals surface area contributed by atoms with E-state index in [1.54, 1.807) is 11.3 Å². The van der Waals surface area contributed by atoms with E-state index in [2.05, 4.69) is 36.7 Å². The van der Waals surface area contributed by atoms with E-state index in [0.717, 1.165) is 24.7 Å². The van der Waals surface area contributed by atoms with E-state index >= 15 is 0 Å². The lowest BCUT2D eigenvalue weighted by atomic mass is 9.98. The number of carbonyl (C=O) groups excluding carboxylic acids is 1. The van der Waals surface area contributed by atoms with Crippen molar-refractivity contribution in [3.63, 3.8) is 0 Å². The molecule has 0 saturated heterocycles. The van der Waals surface area contributed by atoms with Gasteiger partial charge in [-0.25, -0.2) is 0 Å². The first-order valence-corrected chi connectivity index (χ1v) is 7.87. The molecule has 2 aliphatic rings. The fourth-order valence-corrected chi connectivity index (χ4v) is 4.18. The second-order valence-electron chi connectivity index (χ2n) is 6.17. The summed E-state index contributed by atoms with van der Waals surface area (Å²) >= 11 is 1.74. The molecule has 3 heteroatoms. The summed E-state index contributed by atoms with van der Waals surface area (Å²) < 4.78 is 0. The highest BCUT2D eigenvalue weighted by Gasteiger charge is 2.48. The Labute approximate surface area is 113 Å². The van der Waals surface area contributed by atoms with Crippen LogP contribution < -0.4 is 5.32 Å². The Morgan fingerprint density at radius 2 is 2.06 bits per heavy atom. The van der Waals surface area contributed by atoms with Crippen molar-refractivity contribution in [3.05, 3.63) is 22.4 Å². The van der Waals surface area contributed by atoms with Gasteiger partial charge < -0.3 is 5.32 Å². The predicted octanol–water partition coefficient (Wildman–Crippen LogP) is 3.61. The second kappa shape index (κ2) is 4.69. The van der Waals surface area contributed by atoms with Crippen molar-refractivity contribution in [2.24, 2.45) is 23.7 Å². The minimum absolute atomic E-state index is 0.189. The summed E-state index contributed by atoms with van der Waals surface area (Å²) in [4.78, 5) is 13.6. The maximum Gasteiger partial charge on any atom is 0.223 e. The number of fused-ring (bicyclic) bond motifs is 1. The fraction of sp³-hybridized carbons (Fsp3) is 0.667. The first-order valence-electron chi connectivity index (χ1n) is 6.99. The molecule has 0 spiro atoms. The van der Waals surface area contributed by atoms with Crippen LogP contribution in [-0.4, -0.2) is 5.91 Å². The Morgan fingerprint density at radius 1 is 1.33 bits per heavy atom. The Balaban J connectivity index is 1.63. The minimum Gasteiger partial charge on any atom is -0.348 e. The van der Waals surface area contributed by atoms with Crippen LogP contribution in [0.5, 0.6) is 0 Å². The molecule has 0 radical (unpaired) electrons. The lowest BCUT2D eigenvalue weighted by Gasteiger charge is -2.23. The van der Waals surface area contributed by atoms with Crippen molar-refractivity contribution < 1.29 is 4.79 Å². The van der Waals surface area contributed by atoms with E-state index in [1.165, 1.54) is 11.3 Å². The molecule has 3 unspecified atom stereocenters. The van der Waals surface area contributed by atoms with Crippen LogP contribution in [0.15, 0.2) is 17.5 Å². The van der Waals surface area contributed by atoms with Crippen LogP contribution in [0.3, 0.4) is 0 Å². The lowest BCUT2D eigenvalue weighted by Crippen LogP contribution is -2.35. The minimum atomic E-state index is 0.189. The fourth-order valence-electron chi connectivity index (χ4n) is 3.23. The van der Waals surface area contributed by atoms with Gasteiger partial charge >= 0.3 is 0 Å². The summed E-state index contributed by atoms with van der Waals surface area (Å²) in [6, 6.07) is 4.38. The molecular formula is C15H21NOS. The molecule has 0 aliphatic heterocycles. The number of carbonyl (C=O) groups is 1. The largest absolute Gasteiger partial charge is 0.348 e. The maximum absolute atomic E-state index is 12.3. The quantitative estimate of drug-likeness (QED) is 0.883. The third kappa shape index (κ3) is 2.33. The summed E-state index contributed by atoms with van der Waals surface area (Å²) in [5.74, 6) is 2.77. The summed E-state index contributed by atoms with van der Waals surface area (Å²) in [5, 5.41) is 5.36. The zero-order valence-corrected chi connectivity index (χ0v) is 11.9. The van der Waals surface area contributed by atoms with Gasteiger partial charge in [0.15, 0.2) is 0 Å². The van der Waals surface area contributed by atoms with Crippen LogP contribution in [0.2, 0.25) is 0 Å². The van der Waals surface area contributed by atoms with Gasteiger partial charge in [0.05, 0.1) is 6.04 Å². The van der Waals surface area contributed by atoms with E-state index in [4.69, 9.17) is 0 Å². The zero-order chi connectivity index (χ0) is 12.7. The van der Waals surface area contributed by atoms with E-state index < -0.39 is 0 Å². The van der Waals surface area contributed by atoms with Crippen LogP contribution in [0.4, 0.5) is 0 Å². The van der Waals surface area contributed by atoms with E-state index in [9.17, 15) is 4.79 Å². The molecule has 98 valence electrons.